The zero-order valence-corrected chi connectivity index (χ0v) is 10.9. The van der Waals surface area contributed by atoms with Gasteiger partial charge in [0.1, 0.15) is 0 Å². The molecule has 0 aliphatic carbocycles. The average Bonchev–Trinajstić information content (AvgIpc) is 2.29. The summed E-state index contributed by atoms with van der Waals surface area (Å²) in [5.74, 6) is -0.832. The van der Waals surface area contributed by atoms with Crippen LogP contribution in [0, 0.1) is 0 Å². The van der Waals surface area contributed by atoms with E-state index in [1.165, 1.54) is 0 Å². The molecule has 0 aromatic rings. The molecule has 2 amide bonds. The summed E-state index contributed by atoms with van der Waals surface area (Å²) in [5, 5.41) is 11.5. The minimum absolute atomic E-state index is 0.0282. The summed E-state index contributed by atoms with van der Waals surface area (Å²) in [6.45, 7) is 4.69. The summed E-state index contributed by atoms with van der Waals surface area (Å²) >= 11 is 0. The minimum Gasteiger partial charge on any atom is -0.480 e. The third-order valence-corrected chi connectivity index (χ3v) is 2.80. The number of rotatable bonds is 5. The Hall–Kier alpha value is -1.34. The highest BCUT2D eigenvalue weighted by Gasteiger charge is 2.22. The van der Waals surface area contributed by atoms with Crippen molar-refractivity contribution < 1.29 is 19.4 Å². The summed E-state index contributed by atoms with van der Waals surface area (Å²) < 4.78 is 4.95. The third kappa shape index (κ3) is 4.89. The molecule has 0 aromatic carbocycles. The molecule has 1 rings (SSSR count). The zero-order valence-electron chi connectivity index (χ0n) is 10.9. The topological polar surface area (TPSA) is 82.1 Å². The van der Waals surface area contributed by atoms with E-state index in [0.717, 1.165) is 0 Å². The van der Waals surface area contributed by atoms with Crippen molar-refractivity contribution in [2.75, 3.05) is 46.4 Å². The van der Waals surface area contributed by atoms with Crippen LogP contribution in [0.5, 0.6) is 0 Å². The second kappa shape index (κ2) is 7.17. The lowest BCUT2D eigenvalue weighted by Crippen LogP contribution is -2.54. The van der Waals surface area contributed by atoms with E-state index in [1.807, 2.05) is 11.8 Å². The predicted molar refractivity (Wildman–Crippen MR) is 65.5 cm³/mol. The van der Waals surface area contributed by atoms with Crippen molar-refractivity contribution in [2.24, 2.45) is 0 Å². The first kappa shape index (κ1) is 14.7. The number of amides is 2. The van der Waals surface area contributed by atoms with Crippen LogP contribution in [0.3, 0.4) is 0 Å². The van der Waals surface area contributed by atoms with Crippen molar-refractivity contribution in [3.05, 3.63) is 0 Å². The molecule has 18 heavy (non-hydrogen) atoms. The normalized spacial score (nSPS) is 18.4. The van der Waals surface area contributed by atoms with Crippen LogP contribution in [-0.4, -0.2) is 79.4 Å². The summed E-state index contributed by atoms with van der Waals surface area (Å²) in [7, 11) is 1.59. The molecule has 1 aliphatic rings. The van der Waals surface area contributed by atoms with Gasteiger partial charge >= 0.3 is 12.0 Å². The second-order valence-electron chi connectivity index (χ2n) is 4.46. The lowest BCUT2D eigenvalue weighted by Gasteiger charge is -2.34. The van der Waals surface area contributed by atoms with Gasteiger partial charge in [-0.25, -0.2) is 4.79 Å². The van der Waals surface area contributed by atoms with Crippen LogP contribution in [0.4, 0.5) is 4.79 Å². The van der Waals surface area contributed by atoms with Gasteiger partial charge in [0.15, 0.2) is 0 Å². The number of methoxy groups -OCH3 is 1. The van der Waals surface area contributed by atoms with Crippen molar-refractivity contribution in [1.82, 2.24) is 15.1 Å². The van der Waals surface area contributed by atoms with Gasteiger partial charge in [-0.05, 0) is 6.92 Å². The van der Waals surface area contributed by atoms with Crippen LogP contribution in [-0.2, 0) is 9.53 Å². The first-order valence-electron chi connectivity index (χ1n) is 6.01. The first-order valence-corrected chi connectivity index (χ1v) is 6.01. The van der Waals surface area contributed by atoms with Crippen molar-refractivity contribution in [1.29, 1.82) is 0 Å². The Morgan fingerprint density at radius 3 is 2.44 bits per heavy atom. The molecule has 0 radical (unpaired) electrons. The molecule has 1 aliphatic heterocycles. The van der Waals surface area contributed by atoms with Crippen LogP contribution in [0.2, 0.25) is 0 Å². The minimum atomic E-state index is -0.832. The Morgan fingerprint density at radius 1 is 1.33 bits per heavy atom. The van der Waals surface area contributed by atoms with Gasteiger partial charge in [0.2, 0.25) is 0 Å². The quantitative estimate of drug-likeness (QED) is 0.691. The summed E-state index contributed by atoms with van der Waals surface area (Å²) in [5.41, 5.74) is 0. The standard InChI is InChI=1S/C11H21N3O4/c1-9(8-18-2)12-11(17)14-5-3-13(4-6-14)7-10(15)16/h9H,3-8H2,1-2H3,(H,12,17)(H,15,16). The third-order valence-electron chi connectivity index (χ3n) is 2.80. The van der Waals surface area contributed by atoms with E-state index in [-0.39, 0.29) is 18.6 Å². The molecule has 0 spiro atoms. The SMILES string of the molecule is COCC(C)NC(=O)N1CCN(CC(=O)O)CC1. The highest BCUT2D eigenvalue weighted by molar-refractivity contribution is 5.74. The molecule has 2 N–H and O–H groups in total. The van der Waals surface area contributed by atoms with Crippen LogP contribution in [0.25, 0.3) is 0 Å². The summed E-state index contributed by atoms with van der Waals surface area (Å²) in [6, 6.07) is -0.144. The number of carbonyl (C=O) groups excluding carboxylic acids is 1. The molecule has 1 atom stereocenters. The molecule has 1 unspecified atom stereocenters. The number of hydrogen-bond acceptors (Lipinski definition) is 4. The molecule has 104 valence electrons. The molecule has 1 fully saturated rings. The number of hydrogen-bond donors (Lipinski definition) is 2. The number of piperazine rings is 1. The van der Waals surface area contributed by atoms with Gasteiger partial charge in [-0.1, -0.05) is 0 Å². The molecular formula is C11H21N3O4. The Labute approximate surface area is 107 Å². The Morgan fingerprint density at radius 2 is 1.94 bits per heavy atom. The fourth-order valence-corrected chi connectivity index (χ4v) is 1.89. The van der Waals surface area contributed by atoms with Crippen LogP contribution in [0.15, 0.2) is 0 Å². The number of carboxylic acid groups (broad SMARTS) is 1. The van der Waals surface area contributed by atoms with E-state index in [4.69, 9.17) is 9.84 Å². The lowest BCUT2D eigenvalue weighted by atomic mass is 10.3. The van der Waals surface area contributed by atoms with Crippen LogP contribution < -0.4 is 5.32 Å². The van der Waals surface area contributed by atoms with Gasteiger partial charge in [-0.2, -0.15) is 0 Å². The van der Waals surface area contributed by atoms with Gasteiger partial charge in [0, 0.05) is 33.3 Å². The Kier molecular flexibility index (Phi) is 5.87. The number of nitrogens with zero attached hydrogens (tertiary/aromatic N) is 2. The molecule has 7 heteroatoms. The molecule has 1 heterocycles. The van der Waals surface area contributed by atoms with Gasteiger partial charge in [-0.15, -0.1) is 0 Å². The number of aliphatic carboxylic acids is 1. The van der Waals surface area contributed by atoms with E-state index < -0.39 is 5.97 Å². The number of nitrogens with one attached hydrogen (secondary N) is 1. The van der Waals surface area contributed by atoms with Gasteiger partial charge < -0.3 is 20.1 Å². The molecule has 7 nitrogen and oxygen atoms in total. The highest BCUT2D eigenvalue weighted by Crippen LogP contribution is 2.02. The molecule has 0 aromatic heterocycles. The maximum atomic E-state index is 11.8. The highest BCUT2D eigenvalue weighted by atomic mass is 16.5. The predicted octanol–water partition coefficient (Wildman–Crippen LogP) is -0.567. The zero-order chi connectivity index (χ0) is 13.5. The maximum Gasteiger partial charge on any atom is 0.317 e. The molecule has 1 saturated heterocycles. The van der Waals surface area contributed by atoms with Gasteiger partial charge in [0.25, 0.3) is 0 Å². The maximum absolute atomic E-state index is 11.8. The first-order chi connectivity index (χ1) is 8.52. The Balaban J connectivity index is 2.29. The van der Waals surface area contributed by atoms with Crippen molar-refractivity contribution in [3.63, 3.8) is 0 Å². The van der Waals surface area contributed by atoms with Gasteiger partial charge in [-0.3, -0.25) is 9.69 Å². The summed E-state index contributed by atoms with van der Waals surface area (Å²) in [4.78, 5) is 25.9. The largest absolute Gasteiger partial charge is 0.480 e. The van der Waals surface area contributed by atoms with E-state index in [0.29, 0.717) is 32.8 Å². The monoisotopic (exact) mass is 259 g/mol. The van der Waals surface area contributed by atoms with Crippen molar-refractivity contribution in [2.45, 2.75) is 13.0 Å². The molecular weight excluding hydrogens is 238 g/mol. The fourth-order valence-electron chi connectivity index (χ4n) is 1.89. The molecule has 0 saturated carbocycles. The van der Waals surface area contributed by atoms with E-state index in [1.54, 1.807) is 12.0 Å². The van der Waals surface area contributed by atoms with Crippen molar-refractivity contribution >= 4 is 12.0 Å². The van der Waals surface area contributed by atoms with Crippen LogP contribution >= 0.6 is 0 Å². The fraction of sp³-hybridized carbons (Fsp3) is 0.818. The average molecular weight is 259 g/mol. The molecule has 0 bridgehead atoms. The number of carbonyl (C=O) groups is 2. The number of urea groups is 1. The van der Waals surface area contributed by atoms with E-state index in [2.05, 4.69) is 5.32 Å². The summed E-state index contributed by atoms with van der Waals surface area (Å²) in [6.07, 6.45) is 0. The van der Waals surface area contributed by atoms with E-state index in [9.17, 15) is 9.59 Å². The van der Waals surface area contributed by atoms with Gasteiger partial charge in [0.05, 0.1) is 19.2 Å². The Bertz CT molecular complexity index is 290. The van der Waals surface area contributed by atoms with E-state index >= 15 is 0 Å². The number of ether oxygens (including phenoxy) is 1. The van der Waals surface area contributed by atoms with Crippen LogP contribution in [0.1, 0.15) is 6.92 Å². The lowest BCUT2D eigenvalue weighted by molar-refractivity contribution is -0.138. The smallest absolute Gasteiger partial charge is 0.317 e. The second-order valence-corrected chi connectivity index (χ2v) is 4.46. The van der Waals surface area contributed by atoms with Crippen molar-refractivity contribution in [3.8, 4) is 0 Å². The number of carboxylic acids is 1.